The van der Waals surface area contributed by atoms with Crippen LogP contribution in [-0.4, -0.2) is 34.5 Å². The summed E-state index contributed by atoms with van der Waals surface area (Å²) in [4.78, 5) is 21.3. The Balaban J connectivity index is 3.79. The van der Waals surface area contributed by atoms with Gasteiger partial charge >= 0.3 is 5.97 Å². The van der Waals surface area contributed by atoms with E-state index >= 15 is 0 Å². The summed E-state index contributed by atoms with van der Waals surface area (Å²) in [5.74, 6) is -0.0941. The molecule has 0 aliphatic rings. The molecule has 2 N–H and O–H groups in total. The van der Waals surface area contributed by atoms with Crippen molar-refractivity contribution >= 4 is 23.6 Å². The Labute approximate surface area is 87.8 Å². The summed E-state index contributed by atoms with van der Waals surface area (Å²) >= 11 is 1.49. The fourth-order valence-electron chi connectivity index (χ4n) is 0.788. The molecule has 0 heterocycles. The Bertz CT molecular complexity index is 218. The van der Waals surface area contributed by atoms with E-state index in [-0.39, 0.29) is 5.91 Å². The van der Waals surface area contributed by atoms with Crippen LogP contribution in [0.3, 0.4) is 0 Å². The summed E-state index contributed by atoms with van der Waals surface area (Å²) in [6, 6.07) is -0.790. The predicted octanol–water partition coefficient (Wildman–Crippen LogP) is 0.885. The van der Waals surface area contributed by atoms with Crippen LogP contribution in [0.4, 0.5) is 0 Å². The predicted molar refractivity (Wildman–Crippen MR) is 57.4 cm³/mol. The van der Waals surface area contributed by atoms with E-state index in [4.69, 9.17) is 5.11 Å². The average Bonchev–Trinajstić information content (AvgIpc) is 2.09. The van der Waals surface area contributed by atoms with Gasteiger partial charge in [-0.1, -0.05) is 6.08 Å². The highest BCUT2D eigenvalue weighted by molar-refractivity contribution is 7.99. The van der Waals surface area contributed by atoms with Crippen molar-refractivity contribution in [1.29, 1.82) is 0 Å². The average molecular weight is 217 g/mol. The Morgan fingerprint density at radius 3 is 2.71 bits per heavy atom. The molecular formula is C9H15NO3S. The number of rotatable bonds is 7. The molecule has 0 fully saturated rings. The summed E-state index contributed by atoms with van der Waals surface area (Å²) in [7, 11) is 0. The molecule has 0 saturated carbocycles. The Morgan fingerprint density at radius 2 is 2.29 bits per heavy atom. The zero-order valence-corrected chi connectivity index (χ0v) is 8.97. The third kappa shape index (κ3) is 6.54. The Kier molecular flexibility index (Phi) is 6.92. The van der Waals surface area contributed by atoms with Gasteiger partial charge in [-0.3, -0.25) is 4.79 Å². The first-order valence-electron chi connectivity index (χ1n) is 4.26. The molecule has 4 nitrogen and oxygen atoms in total. The molecule has 0 aliphatic heterocycles. The molecule has 0 aromatic heterocycles. The smallest absolute Gasteiger partial charge is 0.327 e. The summed E-state index contributed by atoms with van der Waals surface area (Å²) in [5, 5.41) is 11.1. The number of allylic oxidation sites excluding steroid dienone is 1. The molecule has 14 heavy (non-hydrogen) atoms. The van der Waals surface area contributed by atoms with E-state index in [1.807, 2.05) is 0 Å². The largest absolute Gasteiger partial charge is 0.480 e. The van der Waals surface area contributed by atoms with Gasteiger partial charge in [0.15, 0.2) is 0 Å². The normalized spacial score (nSPS) is 11.8. The number of hydrogen-bond acceptors (Lipinski definition) is 3. The summed E-state index contributed by atoms with van der Waals surface area (Å²) < 4.78 is 0. The first kappa shape index (κ1) is 13.0. The first-order valence-corrected chi connectivity index (χ1v) is 5.42. The minimum Gasteiger partial charge on any atom is -0.480 e. The number of thioether (sulfide) groups is 1. The number of hydrogen-bond donors (Lipinski definition) is 2. The van der Waals surface area contributed by atoms with Crippen LogP contribution < -0.4 is 5.32 Å². The van der Waals surface area contributed by atoms with E-state index in [1.165, 1.54) is 18.7 Å². The number of carboxylic acid groups (broad SMARTS) is 1. The van der Waals surface area contributed by atoms with Gasteiger partial charge in [-0.05, 0) is 12.2 Å². The standard InChI is InChI=1S/C9H15NO3S/c1-3-4-5-14-6-8(9(12)13)10-7(2)11/h3,8H,1,4-6H2,2H3,(H,10,11)(H,12,13)/t8-/m0/s1. The fraction of sp³-hybridized carbons (Fsp3) is 0.556. The molecule has 5 heteroatoms. The lowest BCUT2D eigenvalue weighted by Crippen LogP contribution is -2.41. The summed E-state index contributed by atoms with van der Waals surface area (Å²) in [6.07, 6.45) is 2.62. The van der Waals surface area contributed by atoms with Crippen LogP contribution in [0.2, 0.25) is 0 Å². The van der Waals surface area contributed by atoms with Crippen LogP contribution in [0.25, 0.3) is 0 Å². The van der Waals surface area contributed by atoms with Crippen LogP contribution >= 0.6 is 11.8 Å². The Morgan fingerprint density at radius 1 is 1.64 bits per heavy atom. The molecule has 0 bridgehead atoms. The number of aliphatic carboxylic acids is 1. The van der Waals surface area contributed by atoms with Crippen molar-refractivity contribution in [3.63, 3.8) is 0 Å². The maximum atomic E-state index is 10.7. The van der Waals surface area contributed by atoms with Crippen molar-refractivity contribution in [1.82, 2.24) is 5.32 Å². The summed E-state index contributed by atoms with van der Waals surface area (Å²) in [5.41, 5.74) is 0. The van der Waals surface area contributed by atoms with Crippen molar-refractivity contribution in [3.05, 3.63) is 12.7 Å². The maximum absolute atomic E-state index is 10.7. The highest BCUT2D eigenvalue weighted by atomic mass is 32.2. The number of carboxylic acids is 1. The minimum atomic E-state index is -0.994. The number of nitrogens with one attached hydrogen (secondary N) is 1. The summed E-state index contributed by atoms with van der Waals surface area (Å²) in [6.45, 7) is 4.87. The third-order valence-corrected chi connectivity index (χ3v) is 2.52. The van der Waals surface area contributed by atoms with Gasteiger partial charge in [-0.2, -0.15) is 11.8 Å². The van der Waals surface area contributed by atoms with Crippen LogP contribution in [0.1, 0.15) is 13.3 Å². The van der Waals surface area contributed by atoms with Crippen LogP contribution in [0, 0.1) is 0 Å². The molecule has 80 valence electrons. The van der Waals surface area contributed by atoms with E-state index < -0.39 is 12.0 Å². The molecule has 0 saturated heterocycles. The lowest BCUT2D eigenvalue weighted by Gasteiger charge is -2.11. The van der Waals surface area contributed by atoms with Crippen molar-refractivity contribution in [2.45, 2.75) is 19.4 Å². The van der Waals surface area contributed by atoms with Gasteiger partial charge in [0.2, 0.25) is 5.91 Å². The van der Waals surface area contributed by atoms with E-state index in [2.05, 4.69) is 11.9 Å². The van der Waals surface area contributed by atoms with Gasteiger partial charge in [0.05, 0.1) is 0 Å². The highest BCUT2D eigenvalue weighted by Gasteiger charge is 2.17. The van der Waals surface area contributed by atoms with E-state index in [9.17, 15) is 9.59 Å². The second-order valence-corrected chi connectivity index (χ2v) is 3.89. The molecule has 1 atom stereocenters. The van der Waals surface area contributed by atoms with Crippen LogP contribution in [0.5, 0.6) is 0 Å². The molecule has 0 radical (unpaired) electrons. The SMILES string of the molecule is C=CCCSC[C@H](NC(C)=O)C(=O)O. The maximum Gasteiger partial charge on any atom is 0.327 e. The fourth-order valence-corrected chi connectivity index (χ4v) is 1.75. The lowest BCUT2D eigenvalue weighted by molar-refractivity contribution is -0.140. The van der Waals surface area contributed by atoms with Crippen LogP contribution in [0.15, 0.2) is 12.7 Å². The molecule has 0 rings (SSSR count). The van der Waals surface area contributed by atoms with Crippen LogP contribution in [-0.2, 0) is 9.59 Å². The zero-order valence-electron chi connectivity index (χ0n) is 8.16. The highest BCUT2D eigenvalue weighted by Crippen LogP contribution is 2.05. The van der Waals surface area contributed by atoms with Crippen molar-refractivity contribution in [3.8, 4) is 0 Å². The van der Waals surface area contributed by atoms with Crippen molar-refractivity contribution in [2.24, 2.45) is 0 Å². The molecule has 0 aromatic carbocycles. The number of carbonyl (C=O) groups is 2. The molecule has 0 unspecified atom stereocenters. The monoisotopic (exact) mass is 217 g/mol. The van der Waals surface area contributed by atoms with E-state index in [1.54, 1.807) is 6.08 Å². The second-order valence-electron chi connectivity index (χ2n) is 2.74. The minimum absolute atomic E-state index is 0.318. The molecule has 0 spiro atoms. The van der Waals surface area contributed by atoms with Gasteiger partial charge in [0.25, 0.3) is 0 Å². The van der Waals surface area contributed by atoms with E-state index in [0.29, 0.717) is 5.75 Å². The molecule has 0 aromatic rings. The van der Waals surface area contributed by atoms with Crippen molar-refractivity contribution < 1.29 is 14.7 Å². The van der Waals surface area contributed by atoms with Gasteiger partial charge in [0.1, 0.15) is 6.04 Å². The second kappa shape index (κ2) is 7.44. The first-order chi connectivity index (χ1) is 6.57. The van der Waals surface area contributed by atoms with Crippen molar-refractivity contribution in [2.75, 3.05) is 11.5 Å². The van der Waals surface area contributed by atoms with Gasteiger partial charge in [-0.15, -0.1) is 6.58 Å². The number of carbonyl (C=O) groups excluding carboxylic acids is 1. The molecular weight excluding hydrogens is 202 g/mol. The zero-order chi connectivity index (χ0) is 11.0. The molecule has 1 amide bonds. The van der Waals surface area contributed by atoms with Gasteiger partial charge < -0.3 is 10.4 Å². The molecule has 0 aliphatic carbocycles. The van der Waals surface area contributed by atoms with Gasteiger partial charge in [-0.25, -0.2) is 4.79 Å². The third-order valence-electron chi connectivity index (χ3n) is 1.43. The number of amides is 1. The van der Waals surface area contributed by atoms with E-state index in [0.717, 1.165) is 12.2 Å². The Hall–Kier alpha value is -0.970. The lowest BCUT2D eigenvalue weighted by atomic mass is 10.3. The van der Waals surface area contributed by atoms with Gasteiger partial charge in [0, 0.05) is 12.7 Å². The topological polar surface area (TPSA) is 66.4 Å². The quantitative estimate of drug-likeness (QED) is 0.491.